The van der Waals surface area contributed by atoms with Gasteiger partial charge in [0.15, 0.2) is 0 Å². The molecular formula is C18H13NO3. The minimum absolute atomic E-state index is 0.178. The second kappa shape index (κ2) is 6.18. The van der Waals surface area contributed by atoms with Gasteiger partial charge in [-0.1, -0.05) is 30.3 Å². The number of rotatable bonds is 4. The maximum absolute atomic E-state index is 12.0. The molecule has 0 spiro atoms. The Morgan fingerprint density at radius 1 is 1.05 bits per heavy atom. The maximum Gasteiger partial charge on any atom is 0.338 e. The van der Waals surface area contributed by atoms with E-state index in [1.54, 1.807) is 30.5 Å². The molecule has 2 aromatic carbocycles. The van der Waals surface area contributed by atoms with E-state index < -0.39 is 5.97 Å². The molecule has 0 saturated carbocycles. The van der Waals surface area contributed by atoms with E-state index in [2.05, 4.69) is 4.98 Å². The first-order valence-electron chi connectivity index (χ1n) is 6.83. The molecule has 3 rings (SSSR count). The van der Waals surface area contributed by atoms with Crippen LogP contribution in [0.3, 0.4) is 0 Å². The molecule has 0 saturated heterocycles. The lowest BCUT2D eigenvalue weighted by Gasteiger charge is -2.07. The third kappa shape index (κ3) is 2.86. The number of nitrogens with zero attached hydrogens (tertiary/aromatic N) is 1. The zero-order chi connectivity index (χ0) is 15.4. The van der Waals surface area contributed by atoms with Gasteiger partial charge >= 0.3 is 5.97 Å². The number of carbonyl (C=O) groups excluding carboxylic acids is 2. The van der Waals surface area contributed by atoms with Gasteiger partial charge in [-0.2, -0.15) is 0 Å². The molecule has 3 aromatic rings. The monoisotopic (exact) mass is 291 g/mol. The molecule has 0 N–H and O–H groups in total. The normalized spacial score (nSPS) is 10.4. The Bertz CT molecular complexity index is 820. The number of pyridine rings is 1. The van der Waals surface area contributed by atoms with Crippen LogP contribution in [0.4, 0.5) is 0 Å². The topological polar surface area (TPSA) is 56.3 Å². The fraction of sp³-hybridized carbons (Fsp3) is 0.0556. The molecule has 0 aliphatic rings. The van der Waals surface area contributed by atoms with Gasteiger partial charge in [-0.15, -0.1) is 0 Å². The molecule has 0 atom stereocenters. The van der Waals surface area contributed by atoms with E-state index in [1.807, 2.05) is 30.3 Å². The van der Waals surface area contributed by atoms with Crippen molar-refractivity contribution in [3.8, 4) is 0 Å². The molecular weight excluding hydrogens is 278 g/mol. The van der Waals surface area contributed by atoms with Gasteiger partial charge in [0.05, 0.1) is 11.1 Å². The summed E-state index contributed by atoms with van der Waals surface area (Å²) in [6.07, 6.45) is 2.43. The number of fused-ring (bicyclic) bond motifs is 1. The highest BCUT2D eigenvalue weighted by atomic mass is 16.5. The SMILES string of the molecule is O=Cc1ccc(C(=O)OCc2ccnc3ccccc23)cc1. The third-order valence-electron chi connectivity index (χ3n) is 3.38. The van der Waals surface area contributed by atoms with E-state index in [-0.39, 0.29) is 6.61 Å². The lowest BCUT2D eigenvalue weighted by atomic mass is 10.1. The Morgan fingerprint density at radius 2 is 1.82 bits per heavy atom. The van der Waals surface area contributed by atoms with E-state index in [1.165, 1.54) is 0 Å². The van der Waals surface area contributed by atoms with Crippen LogP contribution >= 0.6 is 0 Å². The van der Waals surface area contributed by atoms with Crippen LogP contribution in [0.5, 0.6) is 0 Å². The summed E-state index contributed by atoms with van der Waals surface area (Å²) in [5.74, 6) is -0.418. The summed E-state index contributed by atoms with van der Waals surface area (Å²) in [4.78, 5) is 26.9. The molecule has 0 aliphatic carbocycles. The quantitative estimate of drug-likeness (QED) is 0.546. The van der Waals surface area contributed by atoms with Crippen LogP contribution in [0.25, 0.3) is 10.9 Å². The summed E-state index contributed by atoms with van der Waals surface area (Å²) in [7, 11) is 0. The van der Waals surface area contributed by atoms with Crippen molar-refractivity contribution in [1.82, 2.24) is 4.98 Å². The van der Waals surface area contributed by atoms with Gasteiger partial charge in [-0.05, 0) is 24.3 Å². The average Bonchev–Trinajstić information content (AvgIpc) is 2.59. The molecule has 108 valence electrons. The fourth-order valence-corrected chi connectivity index (χ4v) is 2.21. The van der Waals surface area contributed by atoms with Gasteiger partial charge in [0, 0.05) is 22.7 Å². The van der Waals surface area contributed by atoms with E-state index in [9.17, 15) is 9.59 Å². The molecule has 0 unspecified atom stereocenters. The van der Waals surface area contributed by atoms with Crippen molar-refractivity contribution in [1.29, 1.82) is 0 Å². The highest BCUT2D eigenvalue weighted by Crippen LogP contribution is 2.17. The predicted molar refractivity (Wildman–Crippen MR) is 82.7 cm³/mol. The molecule has 4 heteroatoms. The number of benzene rings is 2. The van der Waals surface area contributed by atoms with Crippen molar-refractivity contribution < 1.29 is 14.3 Å². The Hall–Kier alpha value is -3.01. The lowest BCUT2D eigenvalue weighted by Crippen LogP contribution is -2.05. The van der Waals surface area contributed by atoms with Gasteiger partial charge in [-0.25, -0.2) is 4.79 Å². The Balaban J connectivity index is 1.75. The highest BCUT2D eigenvalue weighted by molar-refractivity contribution is 5.90. The molecule has 4 nitrogen and oxygen atoms in total. The predicted octanol–water partition coefficient (Wildman–Crippen LogP) is 3.40. The van der Waals surface area contributed by atoms with Crippen molar-refractivity contribution >= 4 is 23.2 Å². The first-order chi connectivity index (χ1) is 10.8. The van der Waals surface area contributed by atoms with Crippen molar-refractivity contribution in [2.24, 2.45) is 0 Å². The van der Waals surface area contributed by atoms with Gasteiger partial charge < -0.3 is 4.74 Å². The van der Waals surface area contributed by atoms with Gasteiger partial charge in [0.1, 0.15) is 12.9 Å². The molecule has 22 heavy (non-hydrogen) atoms. The van der Waals surface area contributed by atoms with E-state index in [0.717, 1.165) is 22.8 Å². The van der Waals surface area contributed by atoms with Crippen molar-refractivity contribution in [2.45, 2.75) is 6.61 Å². The summed E-state index contributed by atoms with van der Waals surface area (Å²) in [5, 5.41) is 0.967. The average molecular weight is 291 g/mol. The first kappa shape index (κ1) is 13.9. The second-order valence-corrected chi connectivity index (χ2v) is 4.80. The number of esters is 1. The van der Waals surface area contributed by atoms with E-state index in [0.29, 0.717) is 11.1 Å². The summed E-state index contributed by atoms with van der Waals surface area (Å²) in [6.45, 7) is 0.178. The van der Waals surface area contributed by atoms with E-state index >= 15 is 0 Å². The standard InChI is InChI=1S/C18H13NO3/c20-11-13-5-7-14(8-6-13)18(21)22-12-15-9-10-19-17-4-2-1-3-16(15)17/h1-11H,12H2. The summed E-state index contributed by atoms with van der Waals surface area (Å²) >= 11 is 0. The number of hydrogen-bond donors (Lipinski definition) is 0. The molecule has 1 heterocycles. The number of hydrogen-bond acceptors (Lipinski definition) is 4. The van der Waals surface area contributed by atoms with Crippen LogP contribution < -0.4 is 0 Å². The first-order valence-corrected chi connectivity index (χ1v) is 6.83. The van der Waals surface area contributed by atoms with Crippen molar-refractivity contribution in [2.75, 3.05) is 0 Å². The van der Waals surface area contributed by atoms with Crippen LogP contribution in [-0.2, 0) is 11.3 Å². The van der Waals surface area contributed by atoms with Crippen LogP contribution in [0.2, 0.25) is 0 Å². The highest BCUT2D eigenvalue weighted by Gasteiger charge is 2.09. The van der Waals surface area contributed by atoms with E-state index in [4.69, 9.17) is 4.74 Å². The maximum atomic E-state index is 12.0. The summed E-state index contributed by atoms with van der Waals surface area (Å²) < 4.78 is 5.34. The Kier molecular flexibility index (Phi) is 3.92. The zero-order valence-corrected chi connectivity index (χ0v) is 11.7. The third-order valence-corrected chi connectivity index (χ3v) is 3.38. The summed E-state index contributed by atoms with van der Waals surface area (Å²) in [5.41, 5.74) is 2.72. The molecule has 0 bridgehead atoms. The van der Waals surface area contributed by atoms with Crippen LogP contribution in [0.15, 0.2) is 60.8 Å². The molecule has 0 amide bonds. The van der Waals surface area contributed by atoms with Crippen LogP contribution in [0.1, 0.15) is 26.3 Å². The molecule has 1 aromatic heterocycles. The fourth-order valence-electron chi connectivity index (χ4n) is 2.21. The van der Waals surface area contributed by atoms with Gasteiger partial charge in [-0.3, -0.25) is 9.78 Å². The number of carbonyl (C=O) groups is 2. The zero-order valence-electron chi connectivity index (χ0n) is 11.7. The minimum atomic E-state index is -0.418. The van der Waals surface area contributed by atoms with Crippen molar-refractivity contribution in [3.63, 3.8) is 0 Å². The van der Waals surface area contributed by atoms with Crippen molar-refractivity contribution in [3.05, 3.63) is 77.5 Å². The Morgan fingerprint density at radius 3 is 2.59 bits per heavy atom. The number of ether oxygens (including phenoxy) is 1. The lowest BCUT2D eigenvalue weighted by molar-refractivity contribution is 0.0474. The van der Waals surface area contributed by atoms with Gasteiger partial charge in [0.25, 0.3) is 0 Å². The summed E-state index contributed by atoms with van der Waals surface area (Å²) in [6, 6.07) is 15.9. The number of aldehydes is 1. The number of para-hydroxylation sites is 1. The minimum Gasteiger partial charge on any atom is -0.457 e. The molecule has 0 fully saturated rings. The Labute approximate surface area is 127 Å². The molecule has 0 radical (unpaired) electrons. The van der Waals surface area contributed by atoms with Gasteiger partial charge in [0.2, 0.25) is 0 Å². The van der Waals surface area contributed by atoms with Crippen LogP contribution in [0, 0.1) is 0 Å². The smallest absolute Gasteiger partial charge is 0.338 e. The second-order valence-electron chi connectivity index (χ2n) is 4.80. The largest absolute Gasteiger partial charge is 0.457 e. The number of aromatic nitrogens is 1. The van der Waals surface area contributed by atoms with Crippen LogP contribution in [-0.4, -0.2) is 17.2 Å². The molecule has 0 aliphatic heterocycles.